The number of hydrogen-bond donors (Lipinski definition) is 2. The molecule has 1 heterocycles. The lowest BCUT2D eigenvalue weighted by atomic mass is 10.0. The second kappa shape index (κ2) is 5.34. The molecule has 0 spiro atoms. The lowest BCUT2D eigenvalue weighted by Crippen LogP contribution is -2.28. The first kappa shape index (κ1) is 11.5. The molecule has 0 bridgehead atoms. The Hall–Kier alpha value is -0.580. The van der Waals surface area contributed by atoms with Crippen LogP contribution in [-0.4, -0.2) is 7.11 Å². The molecule has 14 heavy (non-hydrogen) atoms. The summed E-state index contributed by atoms with van der Waals surface area (Å²) in [7, 11) is 1.69. The summed E-state index contributed by atoms with van der Waals surface area (Å²) in [5.74, 6) is 7.08. The SMILES string of the molecule is COc1ccsc1C(CC(C)C)NN. The van der Waals surface area contributed by atoms with Crippen molar-refractivity contribution in [2.75, 3.05) is 7.11 Å². The average Bonchev–Trinajstić information content (AvgIpc) is 2.61. The highest BCUT2D eigenvalue weighted by Crippen LogP contribution is 2.33. The van der Waals surface area contributed by atoms with Gasteiger partial charge in [0.05, 0.1) is 18.0 Å². The van der Waals surface area contributed by atoms with Crippen LogP contribution in [0.3, 0.4) is 0 Å². The third kappa shape index (κ3) is 2.70. The van der Waals surface area contributed by atoms with Crippen LogP contribution in [0.25, 0.3) is 0 Å². The van der Waals surface area contributed by atoms with Gasteiger partial charge in [-0.1, -0.05) is 13.8 Å². The molecule has 0 amide bonds. The summed E-state index contributed by atoms with van der Waals surface area (Å²) in [5, 5.41) is 2.03. The van der Waals surface area contributed by atoms with E-state index in [0.717, 1.165) is 12.2 Å². The summed E-state index contributed by atoms with van der Waals surface area (Å²) in [4.78, 5) is 1.18. The first-order chi connectivity index (χ1) is 6.69. The van der Waals surface area contributed by atoms with Crippen LogP contribution in [0.5, 0.6) is 5.75 Å². The molecule has 0 aromatic carbocycles. The van der Waals surface area contributed by atoms with E-state index in [-0.39, 0.29) is 6.04 Å². The minimum Gasteiger partial charge on any atom is -0.496 e. The monoisotopic (exact) mass is 214 g/mol. The van der Waals surface area contributed by atoms with Crippen molar-refractivity contribution in [2.24, 2.45) is 11.8 Å². The van der Waals surface area contributed by atoms with E-state index in [0.29, 0.717) is 5.92 Å². The number of hydrogen-bond acceptors (Lipinski definition) is 4. The zero-order valence-corrected chi connectivity index (χ0v) is 9.73. The molecule has 3 N–H and O–H groups in total. The predicted molar refractivity (Wildman–Crippen MR) is 60.4 cm³/mol. The maximum Gasteiger partial charge on any atom is 0.134 e. The van der Waals surface area contributed by atoms with E-state index in [1.165, 1.54) is 4.88 Å². The Bertz CT molecular complexity index is 273. The summed E-state index contributed by atoms with van der Waals surface area (Å²) in [5.41, 5.74) is 2.84. The van der Waals surface area contributed by atoms with Crippen LogP contribution in [0.2, 0.25) is 0 Å². The molecule has 3 nitrogen and oxygen atoms in total. The molecule has 1 aromatic heterocycles. The molecule has 1 unspecified atom stereocenters. The smallest absolute Gasteiger partial charge is 0.134 e. The summed E-state index contributed by atoms with van der Waals surface area (Å²) in [6.07, 6.45) is 1.02. The van der Waals surface area contributed by atoms with Gasteiger partial charge in [0.15, 0.2) is 0 Å². The molecular formula is C10H18N2OS. The third-order valence-electron chi connectivity index (χ3n) is 2.10. The van der Waals surface area contributed by atoms with Crippen LogP contribution in [-0.2, 0) is 0 Å². The number of hydrazine groups is 1. The molecule has 0 fully saturated rings. The van der Waals surface area contributed by atoms with E-state index in [2.05, 4.69) is 19.3 Å². The van der Waals surface area contributed by atoms with Crippen LogP contribution in [0.4, 0.5) is 0 Å². The molecular weight excluding hydrogens is 196 g/mol. The van der Waals surface area contributed by atoms with Crippen molar-refractivity contribution in [3.8, 4) is 5.75 Å². The van der Waals surface area contributed by atoms with Crippen LogP contribution < -0.4 is 16.0 Å². The Morgan fingerprint density at radius 2 is 2.29 bits per heavy atom. The van der Waals surface area contributed by atoms with Gasteiger partial charge in [0.25, 0.3) is 0 Å². The number of nitrogens with two attached hydrogens (primary N) is 1. The van der Waals surface area contributed by atoms with Crippen molar-refractivity contribution in [3.05, 3.63) is 16.3 Å². The van der Waals surface area contributed by atoms with Crippen LogP contribution in [0.15, 0.2) is 11.4 Å². The van der Waals surface area contributed by atoms with Crippen LogP contribution >= 0.6 is 11.3 Å². The van der Waals surface area contributed by atoms with Crippen molar-refractivity contribution in [1.29, 1.82) is 0 Å². The maximum atomic E-state index is 5.54. The standard InChI is InChI=1S/C10H18N2OS/c1-7(2)6-8(12-11)10-9(13-3)4-5-14-10/h4-5,7-8,12H,6,11H2,1-3H3. The lowest BCUT2D eigenvalue weighted by Gasteiger charge is -2.17. The highest BCUT2D eigenvalue weighted by atomic mass is 32.1. The second-order valence-corrected chi connectivity index (χ2v) is 4.65. The van der Waals surface area contributed by atoms with E-state index < -0.39 is 0 Å². The molecule has 0 aliphatic carbocycles. The molecule has 4 heteroatoms. The predicted octanol–water partition coefficient (Wildman–Crippen LogP) is 2.31. The van der Waals surface area contributed by atoms with Gasteiger partial charge in [0.1, 0.15) is 5.75 Å². The fourth-order valence-electron chi connectivity index (χ4n) is 1.45. The quantitative estimate of drug-likeness (QED) is 0.584. The number of thiophene rings is 1. The van der Waals surface area contributed by atoms with Gasteiger partial charge in [0.2, 0.25) is 0 Å². The van der Waals surface area contributed by atoms with Crippen LogP contribution in [0.1, 0.15) is 31.2 Å². The van der Waals surface area contributed by atoms with Gasteiger partial charge in [-0.15, -0.1) is 11.3 Å². The zero-order valence-electron chi connectivity index (χ0n) is 8.91. The Labute approximate surface area is 89.2 Å². The summed E-state index contributed by atoms with van der Waals surface area (Å²) in [6.45, 7) is 4.37. The van der Waals surface area contributed by atoms with Gasteiger partial charge in [-0.25, -0.2) is 0 Å². The minimum atomic E-state index is 0.199. The third-order valence-corrected chi connectivity index (χ3v) is 3.11. The molecule has 1 atom stereocenters. The van der Waals surface area contributed by atoms with Gasteiger partial charge < -0.3 is 4.74 Å². The van der Waals surface area contributed by atoms with Gasteiger partial charge in [-0.05, 0) is 23.8 Å². The molecule has 0 aliphatic heterocycles. The second-order valence-electron chi connectivity index (χ2n) is 3.70. The van der Waals surface area contributed by atoms with E-state index in [1.54, 1.807) is 18.4 Å². The first-order valence-corrected chi connectivity index (χ1v) is 5.64. The Morgan fingerprint density at radius 3 is 2.79 bits per heavy atom. The zero-order chi connectivity index (χ0) is 10.6. The number of ether oxygens (including phenoxy) is 1. The van der Waals surface area contributed by atoms with Crippen molar-refractivity contribution in [2.45, 2.75) is 26.3 Å². The topological polar surface area (TPSA) is 47.3 Å². The maximum absolute atomic E-state index is 5.54. The Kier molecular flexibility index (Phi) is 4.38. The molecule has 1 aromatic rings. The molecule has 0 saturated heterocycles. The minimum absolute atomic E-state index is 0.199. The molecule has 80 valence electrons. The highest BCUT2D eigenvalue weighted by Gasteiger charge is 2.17. The Morgan fingerprint density at radius 1 is 1.57 bits per heavy atom. The summed E-state index contributed by atoms with van der Waals surface area (Å²) < 4.78 is 5.26. The summed E-state index contributed by atoms with van der Waals surface area (Å²) in [6, 6.07) is 2.18. The van der Waals surface area contributed by atoms with E-state index in [4.69, 9.17) is 10.6 Å². The van der Waals surface area contributed by atoms with E-state index in [9.17, 15) is 0 Å². The number of rotatable bonds is 5. The van der Waals surface area contributed by atoms with Crippen molar-refractivity contribution < 1.29 is 4.74 Å². The lowest BCUT2D eigenvalue weighted by molar-refractivity contribution is 0.389. The number of methoxy groups -OCH3 is 1. The average molecular weight is 214 g/mol. The number of nitrogens with one attached hydrogen (secondary N) is 1. The Balaban J connectivity index is 2.77. The van der Waals surface area contributed by atoms with Gasteiger partial charge in [0, 0.05) is 0 Å². The van der Waals surface area contributed by atoms with Crippen molar-refractivity contribution in [1.82, 2.24) is 5.43 Å². The fourth-order valence-corrected chi connectivity index (χ4v) is 2.39. The van der Waals surface area contributed by atoms with Gasteiger partial charge >= 0.3 is 0 Å². The summed E-state index contributed by atoms with van der Waals surface area (Å²) >= 11 is 1.68. The molecule has 1 rings (SSSR count). The molecule has 0 radical (unpaired) electrons. The van der Waals surface area contributed by atoms with E-state index in [1.807, 2.05) is 11.4 Å². The van der Waals surface area contributed by atoms with Gasteiger partial charge in [-0.2, -0.15) is 0 Å². The molecule has 0 aliphatic rings. The van der Waals surface area contributed by atoms with Gasteiger partial charge in [-0.3, -0.25) is 11.3 Å². The van der Waals surface area contributed by atoms with Crippen molar-refractivity contribution in [3.63, 3.8) is 0 Å². The normalized spacial score (nSPS) is 13.2. The van der Waals surface area contributed by atoms with Crippen LogP contribution in [0, 0.1) is 5.92 Å². The fraction of sp³-hybridized carbons (Fsp3) is 0.600. The van der Waals surface area contributed by atoms with E-state index >= 15 is 0 Å². The van der Waals surface area contributed by atoms with Crippen molar-refractivity contribution >= 4 is 11.3 Å². The largest absolute Gasteiger partial charge is 0.496 e. The first-order valence-electron chi connectivity index (χ1n) is 4.76. The molecule has 0 saturated carbocycles. The highest BCUT2D eigenvalue weighted by molar-refractivity contribution is 7.10.